The van der Waals surface area contributed by atoms with E-state index in [1.165, 1.54) is 0 Å². The monoisotopic (exact) mass is 343 g/mol. The zero-order chi connectivity index (χ0) is 17.8. The lowest BCUT2D eigenvalue weighted by Crippen LogP contribution is -2.03. The first-order chi connectivity index (χ1) is 12.2. The van der Waals surface area contributed by atoms with E-state index in [0.29, 0.717) is 18.5 Å². The van der Waals surface area contributed by atoms with Crippen molar-refractivity contribution in [2.45, 2.75) is 19.9 Å². The number of hydrogen-bond acceptors (Lipinski definition) is 7. The van der Waals surface area contributed by atoms with Crippen LogP contribution in [0.15, 0.2) is 28.7 Å². The van der Waals surface area contributed by atoms with E-state index in [2.05, 4.69) is 27.5 Å². The van der Waals surface area contributed by atoms with Gasteiger partial charge < -0.3 is 19.2 Å². The molecule has 132 valence electrons. The molecule has 0 aliphatic rings. The lowest BCUT2D eigenvalue weighted by Gasteiger charge is -2.05. The lowest BCUT2D eigenvalue weighted by atomic mass is 10.2. The molecule has 8 heteroatoms. The van der Waals surface area contributed by atoms with Crippen molar-refractivity contribution < 1.29 is 13.9 Å². The van der Waals surface area contributed by atoms with Crippen molar-refractivity contribution in [3.8, 4) is 23.1 Å². The number of ether oxygens (including phenoxy) is 2. The molecule has 2 aromatic heterocycles. The van der Waals surface area contributed by atoms with Crippen LogP contribution in [-0.2, 0) is 20.0 Å². The predicted molar refractivity (Wildman–Crippen MR) is 92.8 cm³/mol. The molecule has 0 saturated carbocycles. The topological polar surface area (TPSA) is 87.2 Å². The summed E-state index contributed by atoms with van der Waals surface area (Å²) in [5.41, 5.74) is 2.79. The molecule has 3 aromatic rings. The predicted octanol–water partition coefficient (Wildman–Crippen LogP) is 2.66. The first kappa shape index (κ1) is 16.8. The first-order valence-electron chi connectivity index (χ1n) is 7.96. The third kappa shape index (κ3) is 3.42. The Bertz CT molecular complexity index is 839. The van der Waals surface area contributed by atoms with Crippen LogP contribution >= 0.6 is 0 Å². The summed E-state index contributed by atoms with van der Waals surface area (Å²) in [7, 11) is 5.12. The Kier molecular flexibility index (Phi) is 4.87. The van der Waals surface area contributed by atoms with Gasteiger partial charge in [0.15, 0.2) is 0 Å². The molecule has 0 atom stereocenters. The number of methoxy groups -OCH3 is 2. The Hall–Kier alpha value is -3.03. The maximum atomic E-state index is 5.68. The highest BCUT2D eigenvalue weighted by Gasteiger charge is 2.16. The van der Waals surface area contributed by atoms with E-state index >= 15 is 0 Å². The van der Waals surface area contributed by atoms with Crippen LogP contribution in [0.5, 0.6) is 11.6 Å². The highest BCUT2D eigenvalue weighted by atomic mass is 16.5. The fraction of sp³-hybridized carbons (Fsp3) is 0.353. The summed E-state index contributed by atoms with van der Waals surface area (Å²) in [5.74, 6) is 1.94. The Morgan fingerprint density at radius 1 is 1.12 bits per heavy atom. The van der Waals surface area contributed by atoms with E-state index in [1.54, 1.807) is 18.9 Å². The second-order valence-electron chi connectivity index (χ2n) is 5.41. The molecule has 1 N–H and O–H groups in total. The molecule has 0 aliphatic carbocycles. The Morgan fingerprint density at radius 3 is 2.52 bits per heavy atom. The van der Waals surface area contributed by atoms with Gasteiger partial charge in [-0.25, -0.2) is 4.68 Å². The van der Waals surface area contributed by atoms with Crippen LogP contribution in [0.4, 0.5) is 6.01 Å². The fourth-order valence-electron chi connectivity index (χ4n) is 2.63. The smallest absolute Gasteiger partial charge is 0.316 e. The van der Waals surface area contributed by atoms with Crippen LogP contribution in [-0.4, -0.2) is 34.2 Å². The second kappa shape index (κ2) is 7.25. The number of nitrogens with zero attached hydrogens (tertiary/aromatic N) is 4. The summed E-state index contributed by atoms with van der Waals surface area (Å²) in [5, 5.41) is 15.7. The SMILES string of the molecule is CCc1nn(C)c(OC)c1CNc1nnc(-c2ccc(OC)cc2)o1. The first-order valence-corrected chi connectivity index (χ1v) is 7.96. The maximum absolute atomic E-state index is 5.68. The van der Waals surface area contributed by atoms with Gasteiger partial charge in [-0.2, -0.15) is 5.10 Å². The molecule has 1 aromatic carbocycles. The van der Waals surface area contributed by atoms with Crippen LogP contribution in [0.1, 0.15) is 18.2 Å². The minimum absolute atomic E-state index is 0.346. The zero-order valence-electron chi connectivity index (χ0n) is 14.7. The number of aryl methyl sites for hydroxylation is 2. The van der Waals surface area contributed by atoms with Crippen LogP contribution < -0.4 is 14.8 Å². The summed E-state index contributed by atoms with van der Waals surface area (Å²) in [6.07, 6.45) is 0.815. The number of hydrogen-bond donors (Lipinski definition) is 1. The van der Waals surface area contributed by atoms with E-state index in [4.69, 9.17) is 13.9 Å². The van der Waals surface area contributed by atoms with Gasteiger partial charge in [-0.05, 0) is 30.7 Å². The molecular formula is C17H21N5O3. The van der Waals surface area contributed by atoms with Crippen LogP contribution in [0.3, 0.4) is 0 Å². The van der Waals surface area contributed by atoms with Gasteiger partial charge in [-0.15, -0.1) is 5.10 Å². The van der Waals surface area contributed by atoms with Gasteiger partial charge in [0.25, 0.3) is 0 Å². The number of anilines is 1. The molecule has 0 saturated heterocycles. The van der Waals surface area contributed by atoms with Gasteiger partial charge in [-0.1, -0.05) is 12.0 Å². The molecule has 0 spiro atoms. The van der Waals surface area contributed by atoms with Crippen LogP contribution in [0.2, 0.25) is 0 Å². The van der Waals surface area contributed by atoms with Crippen molar-refractivity contribution in [3.05, 3.63) is 35.5 Å². The van der Waals surface area contributed by atoms with Crippen LogP contribution in [0.25, 0.3) is 11.5 Å². The average Bonchev–Trinajstić information content (AvgIpc) is 3.23. The van der Waals surface area contributed by atoms with E-state index in [0.717, 1.165) is 34.9 Å². The van der Waals surface area contributed by atoms with Crippen LogP contribution in [0, 0.1) is 0 Å². The molecule has 3 rings (SSSR count). The lowest BCUT2D eigenvalue weighted by molar-refractivity contribution is 0.369. The molecule has 0 radical (unpaired) electrons. The molecule has 0 unspecified atom stereocenters. The Labute approximate surface area is 145 Å². The molecule has 2 heterocycles. The van der Waals surface area contributed by atoms with Crippen molar-refractivity contribution in [1.29, 1.82) is 0 Å². The van der Waals surface area contributed by atoms with Gasteiger partial charge in [0.05, 0.1) is 32.0 Å². The molecule has 0 aliphatic heterocycles. The highest BCUT2D eigenvalue weighted by molar-refractivity contribution is 5.54. The molecular weight excluding hydrogens is 322 g/mol. The van der Waals surface area contributed by atoms with E-state index in [-0.39, 0.29) is 0 Å². The zero-order valence-corrected chi connectivity index (χ0v) is 14.7. The van der Waals surface area contributed by atoms with Gasteiger partial charge in [0.1, 0.15) is 5.75 Å². The van der Waals surface area contributed by atoms with Crippen molar-refractivity contribution in [2.24, 2.45) is 7.05 Å². The van der Waals surface area contributed by atoms with Crippen molar-refractivity contribution >= 4 is 6.01 Å². The summed E-state index contributed by atoms with van der Waals surface area (Å²) in [4.78, 5) is 0. The number of rotatable bonds is 7. The van der Waals surface area contributed by atoms with Crippen molar-refractivity contribution in [3.63, 3.8) is 0 Å². The fourth-order valence-corrected chi connectivity index (χ4v) is 2.63. The molecule has 0 fully saturated rings. The second-order valence-corrected chi connectivity index (χ2v) is 5.41. The third-order valence-electron chi connectivity index (χ3n) is 3.88. The molecule has 0 bridgehead atoms. The quantitative estimate of drug-likeness (QED) is 0.705. The van der Waals surface area contributed by atoms with E-state index in [1.807, 2.05) is 31.3 Å². The van der Waals surface area contributed by atoms with Gasteiger partial charge in [0.2, 0.25) is 11.8 Å². The minimum Gasteiger partial charge on any atom is -0.497 e. The standard InChI is InChI=1S/C17H21N5O3/c1-5-14-13(16(24-4)22(2)21-14)10-18-17-20-19-15(25-17)11-6-8-12(23-3)9-7-11/h6-9H,5,10H2,1-4H3,(H,18,20). The minimum atomic E-state index is 0.346. The van der Waals surface area contributed by atoms with E-state index in [9.17, 15) is 0 Å². The molecule has 0 amide bonds. The van der Waals surface area contributed by atoms with Crippen molar-refractivity contribution in [2.75, 3.05) is 19.5 Å². The van der Waals surface area contributed by atoms with Gasteiger partial charge >= 0.3 is 6.01 Å². The Morgan fingerprint density at radius 2 is 1.88 bits per heavy atom. The largest absolute Gasteiger partial charge is 0.497 e. The number of aromatic nitrogens is 4. The number of nitrogens with one attached hydrogen (secondary N) is 1. The summed E-state index contributed by atoms with van der Waals surface area (Å²) >= 11 is 0. The summed E-state index contributed by atoms with van der Waals surface area (Å²) in [6, 6.07) is 7.78. The Balaban J connectivity index is 1.74. The summed E-state index contributed by atoms with van der Waals surface area (Å²) < 4.78 is 18.0. The van der Waals surface area contributed by atoms with Gasteiger partial charge in [-0.3, -0.25) is 0 Å². The third-order valence-corrected chi connectivity index (χ3v) is 3.88. The maximum Gasteiger partial charge on any atom is 0.316 e. The molecule has 25 heavy (non-hydrogen) atoms. The highest BCUT2D eigenvalue weighted by Crippen LogP contribution is 2.25. The van der Waals surface area contributed by atoms with Gasteiger partial charge in [0, 0.05) is 12.6 Å². The normalized spacial score (nSPS) is 10.7. The molecule has 8 nitrogen and oxygen atoms in total. The number of benzene rings is 1. The van der Waals surface area contributed by atoms with Crippen molar-refractivity contribution in [1.82, 2.24) is 20.0 Å². The average molecular weight is 343 g/mol. The van der Waals surface area contributed by atoms with E-state index < -0.39 is 0 Å². The summed E-state index contributed by atoms with van der Waals surface area (Å²) in [6.45, 7) is 2.55.